The maximum atomic E-state index is 12.2. The average molecular weight is 658 g/mol. The number of phenolic OH excluding ortho intramolecular Hbond substituents is 1. The summed E-state index contributed by atoms with van der Waals surface area (Å²) in [5.74, 6) is -0.826. The fraction of sp³-hybridized carbons (Fsp3) is 0. The van der Waals surface area contributed by atoms with Gasteiger partial charge < -0.3 is 10.8 Å². The summed E-state index contributed by atoms with van der Waals surface area (Å²) in [7, 11) is -14.2. The third-order valence-corrected chi connectivity index (χ3v) is 8.84. The van der Waals surface area contributed by atoms with Crippen LogP contribution in [0.2, 0.25) is 0 Å². The van der Waals surface area contributed by atoms with Gasteiger partial charge in [0.15, 0.2) is 5.75 Å². The molecule has 44 heavy (non-hydrogen) atoms. The van der Waals surface area contributed by atoms with E-state index in [1.807, 2.05) is 0 Å². The van der Waals surface area contributed by atoms with Gasteiger partial charge in [0.25, 0.3) is 30.4 Å². The van der Waals surface area contributed by atoms with Gasteiger partial charge in [0.1, 0.15) is 10.6 Å². The van der Waals surface area contributed by atoms with Crippen LogP contribution in [0.4, 0.5) is 28.4 Å². The number of nitrogen functional groups attached to an aromatic ring is 1. The first-order chi connectivity index (χ1) is 20.5. The summed E-state index contributed by atoms with van der Waals surface area (Å²) in [5, 5.41) is 27.8. The number of benzene rings is 5. The molecule has 6 N–H and O–H groups in total. The van der Waals surface area contributed by atoms with Gasteiger partial charge in [-0.3, -0.25) is 13.7 Å². The smallest absolute Gasteiger partial charge is 0.296 e. The minimum Gasteiger partial charge on any atom is -0.505 e. The van der Waals surface area contributed by atoms with Crippen LogP contribution in [0.5, 0.6) is 5.75 Å². The summed E-state index contributed by atoms with van der Waals surface area (Å²) < 4.78 is 98.5. The summed E-state index contributed by atoms with van der Waals surface area (Å²) in [6.07, 6.45) is 0. The van der Waals surface area contributed by atoms with Crippen LogP contribution in [-0.2, 0) is 30.4 Å². The number of fused-ring (bicyclic) bond motifs is 2. The minimum atomic E-state index is -5.05. The number of nitrogens with two attached hydrogens (primary N) is 1. The quantitative estimate of drug-likeness (QED) is 0.0787. The lowest BCUT2D eigenvalue weighted by atomic mass is 10.1. The van der Waals surface area contributed by atoms with Crippen LogP contribution >= 0.6 is 0 Å². The monoisotopic (exact) mass is 657 g/mol. The Kier molecular flexibility index (Phi) is 7.66. The van der Waals surface area contributed by atoms with Crippen molar-refractivity contribution in [3.63, 3.8) is 0 Å². The van der Waals surface area contributed by atoms with E-state index in [0.717, 1.165) is 30.3 Å². The highest BCUT2D eigenvalue weighted by Gasteiger charge is 2.25. The molecule has 5 rings (SSSR count). The Bertz CT molecular complexity index is 2380. The second-order valence-corrected chi connectivity index (χ2v) is 13.4. The van der Waals surface area contributed by atoms with E-state index in [2.05, 4.69) is 20.5 Å². The van der Waals surface area contributed by atoms with E-state index >= 15 is 0 Å². The van der Waals surface area contributed by atoms with Crippen LogP contribution in [0.15, 0.2) is 114 Å². The third-order valence-electron chi connectivity index (χ3n) is 6.27. The lowest BCUT2D eigenvalue weighted by molar-refractivity contribution is 0.472. The molecular weight excluding hydrogens is 639 g/mol. The zero-order chi connectivity index (χ0) is 32.0. The molecule has 0 fully saturated rings. The molecule has 0 aliphatic rings. The van der Waals surface area contributed by atoms with Crippen LogP contribution in [0.1, 0.15) is 0 Å². The molecular formula is C26H19N5O10S3. The highest BCUT2D eigenvalue weighted by atomic mass is 32.2. The number of rotatable bonds is 7. The molecule has 0 unspecified atom stereocenters. The SMILES string of the molecule is Nc1cc(S(=O)(=O)O)cc2cc(S(=O)(=O)O)c(N=Nc3ccc(N=Nc4ccc(S(=O)(=O)O)cc4)c4ccccc34)c(O)c12. The molecule has 0 aliphatic heterocycles. The highest BCUT2D eigenvalue weighted by molar-refractivity contribution is 7.86. The van der Waals surface area contributed by atoms with Crippen molar-refractivity contribution in [2.45, 2.75) is 14.7 Å². The summed E-state index contributed by atoms with van der Waals surface area (Å²) in [6.45, 7) is 0. The van der Waals surface area contributed by atoms with Crippen molar-refractivity contribution < 1.29 is 44.0 Å². The minimum absolute atomic E-state index is 0.188. The summed E-state index contributed by atoms with van der Waals surface area (Å²) in [5.41, 5.74) is 5.72. The molecule has 0 bridgehead atoms. The summed E-state index contributed by atoms with van der Waals surface area (Å²) in [4.78, 5) is -1.89. The number of anilines is 1. The lowest BCUT2D eigenvalue weighted by Crippen LogP contribution is -2.02. The van der Waals surface area contributed by atoms with Crippen molar-refractivity contribution in [1.29, 1.82) is 0 Å². The van der Waals surface area contributed by atoms with Gasteiger partial charge >= 0.3 is 0 Å². The molecule has 0 amide bonds. The average Bonchev–Trinajstić information content (AvgIpc) is 2.94. The van der Waals surface area contributed by atoms with Gasteiger partial charge in [0.2, 0.25) is 0 Å². The van der Waals surface area contributed by atoms with E-state index in [1.165, 1.54) is 24.3 Å². The highest BCUT2D eigenvalue weighted by Crippen LogP contribution is 2.45. The zero-order valence-electron chi connectivity index (χ0n) is 21.8. The van der Waals surface area contributed by atoms with Gasteiger partial charge in [-0.25, -0.2) is 0 Å². The Labute approximate surface area is 249 Å². The van der Waals surface area contributed by atoms with E-state index in [4.69, 9.17) is 10.3 Å². The number of phenols is 1. The molecule has 0 saturated carbocycles. The van der Waals surface area contributed by atoms with Crippen LogP contribution in [0.25, 0.3) is 21.5 Å². The lowest BCUT2D eigenvalue weighted by Gasteiger charge is -2.12. The van der Waals surface area contributed by atoms with E-state index in [1.54, 1.807) is 24.3 Å². The van der Waals surface area contributed by atoms with Gasteiger partial charge in [0.05, 0.1) is 26.9 Å². The maximum Gasteiger partial charge on any atom is 0.296 e. The van der Waals surface area contributed by atoms with Gasteiger partial charge in [0, 0.05) is 21.8 Å². The number of azo groups is 2. The second-order valence-electron chi connectivity index (χ2n) is 9.15. The number of aromatic hydroxyl groups is 1. The predicted octanol–water partition coefficient (Wildman–Crippen LogP) is 5.85. The summed E-state index contributed by atoms with van der Waals surface area (Å²) in [6, 6.07) is 17.3. The maximum absolute atomic E-state index is 12.2. The predicted molar refractivity (Wildman–Crippen MR) is 158 cm³/mol. The second kappa shape index (κ2) is 11.0. The fourth-order valence-corrected chi connectivity index (χ4v) is 5.96. The van der Waals surface area contributed by atoms with Crippen LogP contribution in [0.3, 0.4) is 0 Å². The number of nitrogens with zero attached hydrogens (tertiary/aromatic N) is 4. The van der Waals surface area contributed by atoms with Crippen molar-refractivity contribution in [2.75, 3.05) is 5.73 Å². The molecule has 0 radical (unpaired) electrons. The molecule has 226 valence electrons. The standard InChI is InChI=1S/C26H19N5O10S3/c27-20-13-17(43(36,37)38)11-14-12-23(44(39,40)41)25(26(32)24(14)20)31-30-22-10-9-21(18-3-1-2-4-19(18)22)29-28-15-5-7-16(8-6-15)42(33,34)35/h1-13,32H,27H2,(H,33,34,35)(H,36,37,38)(H,39,40,41). The molecule has 18 heteroatoms. The Balaban J connectivity index is 1.60. The number of hydrogen-bond acceptors (Lipinski definition) is 12. The Morgan fingerprint density at radius 1 is 0.591 bits per heavy atom. The zero-order valence-corrected chi connectivity index (χ0v) is 24.3. The van der Waals surface area contributed by atoms with E-state index in [-0.39, 0.29) is 32.7 Å². The van der Waals surface area contributed by atoms with Crippen LogP contribution in [-0.4, -0.2) is 44.0 Å². The van der Waals surface area contributed by atoms with Crippen LogP contribution < -0.4 is 5.73 Å². The topological polar surface area (TPSA) is 259 Å². The first-order valence-corrected chi connectivity index (χ1v) is 16.3. The van der Waals surface area contributed by atoms with Gasteiger partial charge in [-0.05, 0) is 60.0 Å². The van der Waals surface area contributed by atoms with E-state index in [9.17, 15) is 39.5 Å². The molecule has 0 spiro atoms. The molecule has 0 heterocycles. The number of hydrogen-bond donors (Lipinski definition) is 5. The first kappa shape index (κ1) is 30.6. The van der Waals surface area contributed by atoms with Crippen LogP contribution in [0, 0.1) is 0 Å². The Morgan fingerprint density at radius 2 is 1.14 bits per heavy atom. The Hall–Kier alpha value is -4.85. The van der Waals surface area contributed by atoms with Crippen molar-refractivity contribution in [2.24, 2.45) is 20.5 Å². The van der Waals surface area contributed by atoms with E-state index < -0.39 is 51.6 Å². The molecule has 15 nitrogen and oxygen atoms in total. The normalized spacial score (nSPS) is 13.0. The fourth-order valence-electron chi connectivity index (χ4n) is 4.28. The Morgan fingerprint density at radius 3 is 1.66 bits per heavy atom. The largest absolute Gasteiger partial charge is 0.505 e. The van der Waals surface area contributed by atoms with E-state index in [0.29, 0.717) is 16.5 Å². The summed E-state index contributed by atoms with van der Waals surface area (Å²) >= 11 is 0. The van der Waals surface area contributed by atoms with Crippen molar-refractivity contribution in [1.82, 2.24) is 0 Å². The molecule has 5 aromatic rings. The molecule has 0 aliphatic carbocycles. The van der Waals surface area contributed by atoms with Crippen molar-refractivity contribution in [3.8, 4) is 5.75 Å². The van der Waals surface area contributed by atoms with Crippen molar-refractivity contribution >= 4 is 80.3 Å². The van der Waals surface area contributed by atoms with Gasteiger partial charge in [-0.15, -0.1) is 15.3 Å². The molecule has 0 saturated heterocycles. The van der Waals surface area contributed by atoms with Gasteiger partial charge in [-0.2, -0.15) is 30.4 Å². The van der Waals surface area contributed by atoms with Gasteiger partial charge in [-0.1, -0.05) is 24.3 Å². The molecule has 0 aromatic heterocycles. The third kappa shape index (κ3) is 6.11. The van der Waals surface area contributed by atoms with Crippen molar-refractivity contribution in [3.05, 3.63) is 78.9 Å². The first-order valence-electron chi connectivity index (χ1n) is 12.0. The molecule has 0 atom stereocenters. The molecule has 5 aromatic carbocycles.